The molecular formula is C10H8Br2N2. The Morgan fingerprint density at radius 1 is 1.14 bits per heavy atom. The lowest BCUT2D eigenvalue weighted by atomic mass is 10.1. The van der Waals surface area contributed by atoms with Crippen LogP contribution in [0.15, 0.2) is 39.4 Å². The highest BCUT2D eigenvalue weighted by Gasteiger charge is 2.09. The zero-order valence-electron chi connectivity index (χ0n) is 7.54. The van der Waals surface area contributed by atoms with Crippen LogP contribution in [0.3, 0.4) is 0 Å². The zero-order chi connectivity index (χ0) is 10.1. The summed E-state index contributed by atoms with van der Waals surface area (Å²) in [5, 5.41) is 4.15. The summed E-state index contributed by atoms with van der Waals surface area (Å²) >= 11 is 7.06. The highest BCUT2D eigenvalue weighted by molar-refractivity contribution is 9.11. The summed E-state index contributed by atoms with van der Waals surface area (Å²) < 4.78 is 3.98. The number of benzene rings is 1. The summed E-state index contributed by atoms with van der Waals surface area (Å²) in [4.78, 5) is 0. The first kappa shape index (κ1) is 9.93. The quantitative estimate of drug-likeness (QED) is 0.786. The number of rotatable bonds is 1. The van der Waals surface area contributed by atoms with Crippen LogP contribution in [0.5, 0.6) is 0 Å². The first-order chi connectivity index (χ1) is 6.70. The second kappa shape index (κ2) is 3.87. The monoisotopic (exact) mass is 314 g/mol. The second-order valence-corrected chi connectivity index (χ2v) is 4.65. The third-order valence-corrected chi connectivity index (χ3v) is 3.36. The van der Waals surface area contributed by atoms with Gasteiger partial charge in [0.2, 0.25) is 0 Å². The molecule has 0 radical (unpaired) electrons. The van der Waals surface area contributed by atoms with Crippen molar-refractivity contribution in [2.45, 2.75) is 0 Å². The smallest absolute Gasteiger partial charge is 0.0701 e. The summed E-state index contributed by atoms with van der Waals surface area (Å²) in [5.41, 5.74) is 2.22. The van der Waals surface area contributed by atoms with Gasteiger partial charge < -0.3 is 0 Å². The van der Waals surface area contributed by atoms with Crippen molar-refractivity contribution in [3.63, 3.8) is 0 Å². The lowest BCUT2D eigenvalue weighted by Gasteiger charge is -2.07. The zero-order valence-corrected chi connectivity index (χ0v) is 10.7. The van der Waals surface area contributed by atoms with Crippen molar-refractivity contribution in [3.05, 3.63) is 39.4 Å². The number of aryl methyl sites for hydroxylation is 1. The van der Waals surface area contributed by atoms with Gasteiger partial charge in [-0.05, 0) is 18.2 Å². The van der Waals surface area contributed by atoms with Gasteiger partial charge in [0.25, 0.3) is 0 Å². The van der Waals surface area contributed by atoms with Crippen molar-refractivity contribution in [2.75, 3.05) is 0 Å². The predicted octanol–water partition coefficient (Wildman–Crippen LogP) is 3.61. The number of hydrogen-bond donors (Lipinski definition) is 0. The van der Waals surface area contributed by atoms with E-state index in [-0.39, 0.29) is 0 Å². The van der Waals surface area contributed by atoms with Crippen molar-refractivity contribution in [1.82, 2.24) is 9.78 Å². The standard InChI is InChI=1S/C10H8Br2N2/c1-14-9(5-6-13-14)10-7(11)3-2-4-8(10)12/h2-6H,1H3. The van der Waals surface area contributed by atoms with E-state index in [0.717, 1.165) is 20.2 Å². The molecule has 0 saturated heterocycles. The molecule has 14 heavy (non-hydrogen) atoms. The minimum atomic E-state index is 1.07. The first-order valence-electron chi connectivity index (χ1n) is 4.12. The van der Waals surface area contributed by atoms with E-state index < -0.39 is 0 Å². The third kappa shape index (κ3) is 1.64. The molecule has 0 aliphatic rings. The van der Waals surface area contributed by atoms with Gasteiger partial charge in [0.05, 0.1) is 5.69 Å². The van der Waals surface area contributed by atoms with Crippen molar-refractivity contribution in [3.8, 4) is 11.3 Å². The van der Waals surface area contributed by atoms with Crippen LogP contribution in [0, 0.1) is 0 Å². The lowest BCUT2D eigenvalue weighted by Crippen LogP contribution is -1.94. The Hall–Kier alpha value is -0.610. The third-order valence-electron chi connectivity index (χ3n) is 2.04. The van der Waals surface area contributed by atoms with E-state index in [1.165, 1.54) is 0 Å². The fourth-order valence-corrected chi connectivity index (χ4v) is 2.77. The maximum absolute atomic E-state index is 4.15. The van der Waals surface area contributed by atoms with Crippen molar-refractivity contribution in [1.29, 1.82) is 0 Å². The molecule has 2 nitrogen and oxygen atoms in total. The van der Waals surface area contributed by atoms with Crippen LogP contribution in [0.4, 0.5) is 0 Å². The van der Waals surface area contributed by atoms with Gasteiger partial charge in [-0.3, -0.25) is 4.68 Å². The van der Waals surface area contributed by atoms with Gasteiger partial charge in [0.1, 0.15) is 0 Å². The lowest BCUT2D eigenvalue weighted by molar-refractivity contribution is 0.775. The highest BCUT2D eigenvalue weighted by atomic mass is 79.9. The van der Waals surface area contributed by atoms with Crippen LogP contribution in [0.25, 0.3) is 11.3 Å². The van der Waals surface area contributed by atoms with Gasteiger partial charge in [0, 0.05) is 27.8 Å². The molecule has 1 aromatic heterocycles. The molecule has 0 saturated carbocycles. The Bertz CT molecular complexity index is 443. The van der Waals surface area contributed by atoms with Crippen molar-refractivity contribution < 1.29 is 0 Å². The van der Waals surface area contributed by atoms with Crippen molar-refractivity contribution >= 4 is 31.9 Å². The SMILES string of the molecule is Cn1nccc1-c1c(Br)cccc1Br. The second-order valence-electron chi connectivity index (χ2n) is 2.94. The fraction of sp³-hybridized carbons (Fsp3) is 0.100. The summed E-state index contributed by atoms with van der Waals surface area (Å²) in [6.07, 6.45) is 1.79. The van der Waals surface area contributed by atoms with Crippen LogP contribution >= 0.6 is 31.9 Å². The molecule has 0 bridgehead atoms. The minimum Gasteiger partial charge on any atom is -0.268 e. The van der Waals surface area contributed by atoms with Gasteiger partial charge in [0.15, 0.2) is 0 Å². The van der Waals surface area contributed by atoms with Crippen LogP contribution in [-0.4, -0.2) is 9.78 Å². The number of halogens is 2. The molecule has 72 valence electrons. The molecule has 0 N–H and O–H groups in total. The van der Waals surface area contributed by atoms with E-state index in [1.54, 1.807) is 6.20 Å². The van der Waals surface area contributed by atoms with Crippen LogP contribution in [0.2, 0.25) is 0 Å². The number of aromatic nitrogens is 2. The maximum atomic E-state index is 4.15. The molecule has 4 heteroatoms. The van der Waals surface area contributed by atoms with E-state index >= 15 is 0 Å². The van der Waals surface area contributed by atoms with Crippen LogP contribution in [-0.2, 0) is 7.05 Å². The van der Waals surface area contributed by atoms with Gasteiger partial charge in [-0.25, -0.2) is 0 Å². The summed E-state index contributed by atoms with van der Waals surface area (Å²) in [6, 6.07) is 8.03. The topological polar surface area (TPSA) is 17.8 Å². The summed E-state index contributed by atoms with van der Waals surface area (Å²) in [7, 11) is 1.93. The van der Waals surface area contributed by atoms with Gasteiger partial charge in [-0.1, -0.05) is 37.9 Å². The van der Waals surface area contributed by atoms with Gasteiger partial charge in [-0.15, -0.1) is 0 Å². The van der Waals surface area contributed by atoms with Crippen molar-refractivity contribution in [2.24, 2.45) is 7.05 Å². The molecule has 0 unspecified atom stereocenters. The molecule has 1 aromatic carbocycles. The predicted molar refractivity (Wildman–Crippen MR) is 64.0 cm³/mol. The molecule has 0 aliphatic heterocycles. The first-order valence-corrected chi connectivity index (χ1v) is 5.71. The van der Waals surface area contributed by atoms with Gasteiger partial charge >= 0.3 is 0 Å². The molecule has 0 fully saturated rings. The molecule has 0 atom stereocenters. The average molecular weight is 316 g/mol. The maximum Gasteiger partial charge on any atom is 0.0701 e. The Kier molecular flexibility index (Phi) is 2.74. The number of hydrogen-bond acceptors (Lipinski definition) is 1. The molecule has 2 aromatic rings. The van der Waals surface area contributed by atoms with E-state index in [4.69, 9.17) is 0 Å². The average Bonchev–Trinajstić information content (AvgIpc) is 2.52. The Morgan fingerprint density at radius 2 is 1.79 bits per heavy atom. The molecule has 1 heterocycles. The normalized spacial score (nSPS) is 10.5. The molecule has 0 aliphatic carbocycles. The van der Waals surface area contributed by atoms with E-state index in [1.807, 2.05) is 36.0 Å². The Labute approximate surface area is 99.2 Å². The van der Waals surface area contributed by atoms with E-state index in [9.17, 15) is 0 Å². The summed E-state index contributed by atoms with van der Waals surface area (Å²) in [6.45, 7) is 0. The summed E-state index contributed by atoms with van der Waals surface area (Å²) in [5.74, 6) is 0. The van der Waals surface area contributed by atoms with E-state index in [2.05, 4.69) is 37.0 Å². The minimum absolute atomic E-state index is 1.07. The Balaban J connectivity index is 2.68. The molecule has 0 spiro atoms. The largest absolute Gasteiger partial charge is 0.268 e. The van der Waals surface area contributed by atoms with E-state index in [0.29, 0.717) is 0 Å². The Morgan fingerprint density at radius 3 is 2.29 bits per heavy atom. The fourth-order valence-electron chi connectivity index (χ4n) is 1.36. The number of nitrogens with zero attached hydrogens (tertiary/aromatic N) is 2. The van der Waals surface area contributed by atoms with Crippen LogP contribution in [0.1, 0.15) is 0 Å². The molecule has 2 rings (SSSR count). The van der Waals surface area contributed by atoms with Crippen LogP contribution < -0.4 is 0 Å². The molecule has 0 amide bonds. The van der Waals surface area contributed by atoms with Gasteiger partial charge in [-0.2, -0.15) is 5.10 Å². The molecular weight excluding hydrogens is 308 g/mol. The highest BCUT2D eigenvalue weighted by Crippen LogP contribution is 2.34.